The maximum Gasteiger partial charge on any atom is 0.235 e. The fourth-order valence-electron chi connectivity index (χ4n) is 1.24. The molecule has 5 heteroatoms. The molecule has 0 aromatic carbocycles. The van der Waals surface area contributed by atoms with Crippen LogP contribution in [0.5, 0.6) is 0 Å². The Kier molecular flexibility index (Phi) is 4.02. The van der Waals surface area contributed by atoms with Gasteiger partial charge in [-0.25, -0.2) is 0 Å². The molecule has 0 aliphatic carbocycles. The van der Waals surface area contributed by atoms with Crippen LogP contribution in [0.3, 0.4) is 0 Å². The van der Waals surface area contributed by atoms with E-state index in [9.17, 15) is 4.79 Å². The molecule has 1 amide bonds. The van der Waals surface area contributed by atoms with Gasteiger partial charge in [0.15, 0.2) is 0 Å². The van der Waals surface area contributed by atoms with E-state index in [1.54, 1.807) is 11.8 Å². The maximum atomic E-state index is 10.6. The lowest BCUT2D eigenvalue weighted by Crippen LogP contribution is -2.39. The van der Waals surface area contributed by atoms with E-state index < -0.39 is 11.9 Å². The van der Waals surface area contributed by atoms with Crippen molar-refractivity contribution in [2.24, 2.45) is 11.5 Å². The number of hydrogen-bond donors (Lipinski definition) is 2. The van der Waals surface area contributed by atoms with Gasteiger partial charge in [-0.15, -0.1) is 0 Å². The lowest BCUT2D eigenvalue weighted by molar-refractivity contribution is -0.118. The van der Waals surface area contributed by atoms with Crippen molar-refractivity contribution < 1.29 is 9.53 Å². The molecule has 3 unspecified atom stereocenters. The van der Waals surface area contributed by atoms with Crippen LogP contribution < -0.4 is 11.5 Å². The Morgan fingerprint density at radius 1 is 1.77 bits per heavy atom. The van der Waals surface area contributed by atoms with Gasteiger partial charge in [0, 0.05) is 17.6 Å². The van der Waals surface area contributed by atoms with Crippen molar-refractivity contribution in [3.63, 3.8) is 0 Å². The van der Waals surface area contributed by atoms with Gasteiger partial charge >= 0.3 is 0 Å². The molecule has 0 aromatic rings. The number of thioether (sulfide) groups is 1. The van der Waals surface area contributed by atoms with E-state index in [-0.39, 0.29) is 6.10 Å². The second kappa shape index (κ2) is 4.83. The average molecular weight is 204 g/mol. The van der Waals surface area contributed by atoms with Gasteiger partial charge in [-0.2, -0.15) is 11.8 Å². The standard InChI is InChI=1S/C8H16N2O2S/c1-5-7(2-3-12-5)13-4-6(9)8(10)11/h5-7H,2-4,9H2,1H3,(H2,10,11). The molecule has 1 heterocycles. The summed E-state index contributed by atoms with van der Waals surface area (Å²) in [6.45, 7) is 2.85. The van der Waals surface area contributed by atoms with Gasteiger partial charge in [0.2, 0.25) is 5.91 Å². The van der Waals surface area contributed by atoms with E-state index in [1.165, 1.54) is 0 Å². The van der Waals surface area contributed by atoms with Crippen molar-refractivity contribution in [1.29, 1.82) is 0 Å². The summed E-state index contributed by atoms with van der Waals surface area (Å²) in [6, 6.07) is -0.530. The highest BCUT2D eigenvalue weighted by Crippen LogP contribution is 2.26. The summed E-state index contributed by atoms with van der Waals surface area (Å²) in [6.07, 6.45) is 1.31. The van der Waals surface area contributed by atoms with Crippen molar-refractivity contribution in [3.05, 3.63) is 0 Å². The van der Waals surface area contributed by atoms with Gasteiger partial charge < -0.3 is 16.2 Å². The summed E-state index contributed by atoms with van der Waals surface area (Å²) in [5.74, 6) is 0.160. The van der Waals surface area contributed by atoms with E-state index >= 15 is 0 Å². The third-order valence-corrected chi connectivity index (χ3v) is 3.76. The number of carbonyl (C=O) groups excluding carboxylic acids is 1. The number of amides is 1. The van der Waals surface area contributed by atoms with Crippen LogP contribution in [0.1, 0.15) is 13.3 Å². The van der Waals surface area contributed by atoms with Gasteiger partial charge in [0.1, 0.15) is 0 Å². The Morgan fingerprint density at radius 2 is 2.46 bits per heavy atom. The Hall–Kier alpha value is -0.260. The number of hydrogen-bond acceptors (Lipinski definition) is 4. The Labute approximate surface area is 82.4 Å². The van der Waals surface area contributed by atoms with Crippen LogP contribution in [0.15, 0.2) is 0 Å². The molecule has 1 fully saturated rings. The summed E-state index contributed by atoms with van der Waals surface area (Å²) in [4.78, 5) is 10.6. The largest absolute Gasteiger partial charge is 0.377 e. The minimum Gasteiger partial charge on any atom is -0.377 e. The van der Waals surface area contributed by atoms with Gasteiger partial charge in [-0.05, 0) is 13.3 Å². The van der Waals surface area contributed by atoms with Crippen molar-refractivity contribution in [1.82, 2.24) is 0 Å². The molecule has 1 aliphatic rings. The van der Waals surface area contributed by atoms with Gasteiger partial charge in [-0.3, -0.25) is 4.79 Å². The van der Waals surface area contributed by atoms with Crippen LogP contribution >= 0.6 is 11.8 Å². The molecule has 0 spiro atoms. The fourth-order valence-corrected chi connectivity index (χ4v) is 2.47. The monoisotopic (exact) mass is 204 g/mol. The smallest absolute Gasteiger partial charge is 0.235 e. The van der Waals surface area contributed by atoms with Crippen molar-refractivity contribution in [2.45, 2.75) is 30.7 Å². The number of primary amides is 1. The van der Waals surface area contributed by atoms with Gasteiger partial charge in [0.25, 0.3) is 0 Å². The first-order chi connectivity index (χ1) is 6.11. The zero-order valence-electron chi connectivity index (χ0n) is 7.73. The molecule has 4 nitrogen and oxygen atoms in total. The minimum atomic E-state index is -0.530. The molecule has 0 aromatic heterocycles. The molecule has 13 heavy (non-hydrogen) atoms. The Morgan fingerprint density at radius 3 is 2.92 bits per heavy atom. The molecular weight excluding hydrogens is 188 g/mol. The first-order valence-corrected chi connectivity index (χ1v) is 5.44. The van der Waals surface area contributed by atoms with E-state index in [0.717, 1.165) is 13.0 Å². The molecular formula is C8H16N2O2S. The summed E-state index contributed by atoms with van der Waals surface area (Å²) >= 11 is 1.68. The second-order valence-electron chi connectivity index (χ2n) is 3.25. The average Bonchev–Trinajstić information content (AvgIpc) is 2.47. The Bertz CT molecular complexity index is 189. The molecule has 0 bridgehead atoms. The highest BCUT2D eigenvalue weighted by molar-refractivity contribution is 8.00. The molecule has 1 saturated heterocycles. The lowest BCUT2D eigenvalue weighted by atomic mass is 10.3. The first kappa shape index (κ1) is 10.8. The van der Waals surface area contributed by atoms with Crippen molar-refractivity contribution in [3.8, 4) is 0 Å². The van der Waals surface area contributed by atoms with Crippen molar-refractivity contribution in [2.75, 3.05) is 12.4 Å². The highest BCUT2D eigenvalue weighted by Gasteiger charge is 2.25. The van der Waals surface area contributed by atoms with Crippen LogP contribution in [0.4, 0.5) is 0 Å². The second-order valence-corrected chi connectivity index (χ2v) is 4.52. The number of carbonyl (C=O) groups is 1. The SMILES string of the molecule is CC1OCCC1SCC(N)C(N)=O. The summed E-state index contributed by atoms with van der Waals surface area (Å²) in [5, 5.41) is 0.463. The molecule has 1 aliphatic heterocycles. The van der Waals surface area contributed by atoms with Crippen LogP contribution in [0.25, 0.3) is 0 Å². The highest BCUT2D eigenvalue weighted by atomic mass is 32.2. The minimum absolute atomic E-state index is 0.269. The van der Waals surface area contributed by atoms with Crippen LogP contribution in [0.2, 0.25) is 0 Å². The van der Waals surface area contributed by atoms with E-state index in [2.05, 4.69) is 0 Å². The number of ether oxygens (including phenoxy) is 1. The third kappa shape index (κ3) is 3.17. The van der Waals surface area contributed by atoms with E-state index in [1.807, 2.05) is 6.92 Å². The predicted octanol–water partition coefficient (Wildman–Crippen LogP) is -0.290. The molecule has 0 radical (unpaired) electrons. The summed E-state index contributed by atoms with van der Waals surface area (Å²) in [7, 11) is 0. The predicted molar refractivity (Wildman–Crippen MR) is 53.4 cm³/mol. The molecule has 0 saturated carbocycles. The molecule has 1 rings (SSSR count). The quantitative estimate of drug-likeness (QED) is 0.659. The molecule has 3 atom stereocenters. The first-order valence-electron chi connectivity index (χ1n) is 4.39. The van der Waals surface area contributed by atoms with Gasteiger partial charge in [-0.1, -0.05) is 0 Å². The molecule has 4 N–H and O–H groups in total. The zero-order chi connectivity index (χ0) is 9.84. The molecule has 76 valence electrons. The van der Waals surface area contributed by atoms with E-state index in [0.29, 0.717) is 11.0 Å². The summed E-state index contributed by atoms with van der Waals surface area (Å²) < 4.78 is 5.38. The van der Waals surface area contributed by atoms with Crippen molar-refractivity contribution >= 4 is 17.7 Å². The normalized spacial score (nSPS) is 30.3. The lowest BCUT2D eigenvalue weighted by Gasteiger charge is -2.15. The number of rotatable bonds is 4. The van der Waals surface area contributed by atoms with Crippen LogP contribution in [0, 0.1) is 0 Å². The zero-order valence-corrected chi connectivity index (χ0v) is 8.55. The number of nitrogens with two attached hydrogens (primary N) is 2. The van der Waals surface area contributed by atoms with Gasteiger partial charge in [0.05, 0.1) is 12.1 Å². The topological polar surface area (TPSA) is 78.3 Å². The fraction of sp³-hybridized carbons (Fsp3) is 0.875. The third-order valence-electron chi connectivity index (χ3n) is 2.16. The Balaban J connectivity index is 2.22. The maximum absolute atomic E-state index is 10.6. The van der Waals surface area contributed by atoms with Crippen LogP contribution in [-0.4, -0.2) is 35.7 Å². The summed E-state index contributed by atoms with van der Waals surface area (Å²) in [5.41, 5.74) is 10.6. The van der Waals surface area contributed by atoms with E-state index in [4.69, 9.17) is 16.2 Å². The van der Waals surface area contributed by atoms with Crippen LogP contribution in [-0.2, 0) is 9.53 Å².